The van der Waals surface area contributed by atoms with Crippen LogP contribution in [0.1, 0.15) is 12.8 Å². The molecule has 111 valence electrons. The van der Waals surface area contributed by atoms with E-state index in [0.717, 1.165) is 0 Å². The van der Waals surface area contributed by atoms with E-state index >= 15 is 0 Å². The normalized spacial score (nSPS) is 9.16. The SMILES string of the molecule is [CH2-]C(=O)CC(=O)C(F)F.[CH2-]C(=O)CC(=O)C(F)F.[Co+2]. The third kappa shape index (κ3) is 16.6. The van der Waals surface area contributed by atoms with Gasteiger partial charge in [0.2, 0.25) is 11.6 Å². The Bertz CT molecular complexity index is 299. The predicted octanol–water partition coefficient (Wildman–Crippen LogP) is 1.23. The van der Waals surface area contributed by atoms with Crippen LogP contribution in [-0.4, -0.2) is 36.0 Å². The predicted molar refractivity (Wildman–Crippen MR) is 52.0 cm³/mol. The zero-order valence-electron chi connectivity index (χ0n) is 9.46. The van der Waals surface area contributed by atoms with Crippen LogP contribution in [0.3, 0.4) is 0 Å². The Morgan fingerprint density at radius 1 is 0.737 bits per heavy atom. The second kappa shape index (κ2) is 11.7. The van der Waals surface area contributed by atoms with E-state index in [-0.39, 0.29) is 16.8 Å². The molecule has 0 amide bonds. The van der Waals surface area contributed by atoms with Gasteiger partial charge in [-0.3, -0.25) is 9.59 Å². The minimum Gasteiger partial charge on any atom is -0.339 e. The molecule has 0 heterocycles. The zero-order chi connectivity index (χ0) is 14.9. The van der Waals surface area contributed by atoms with Gasteiger partial charge in [0.1, 0.15) is 0 Å². The first kappa shape index (κ1) is 22.8. The third-order valence-electron chi connectivity index (χ3n) is 1.23. The fourth-order valence-electron chi connectivity index (χ4n) is 0.543. The van der Waals surface area contributed by atoms with Crippen molar-refractivity contribution < 1.29 is 53.5 Å². The number of alkyl halides is 4. The van der Waals surface area contributed by atoms with E-state index in [1.54, 1.807) is 0 Å². The van der Waals surface area contributed by atoms with Crippen molar-refractivity contribution in [2.75, 3.05) is 0 Å². The quantitative estimate of drug-likeness (QED) is 0.418. The second-order valence-corrected chi connectivity index (χ2v) is 2.96. The first-order valence-corrected chi connectivity index (χ1v) is 4.39. The van der Waals surface area contributed by atoms with E-state index in [1.165, 1.54) is 0 Å². The largest absolute Gasteiger partial charge is 2.00 e. The van der Waals surface area contributed by atoms with Gasteiger partial charge in [-0.05, 0) is 0 Å². The molecule has 0 saturated heterocycles. The maximum atomic E-state index is 11.3. The molecule has 0 aliphatic rings. The fourth-order valence-corrected chi connectivity index (χ4v) is 0.543. The Labute approximate surface area is 117 Å². The molecule has 0 spiro atoms. The maximum Gasteiger partial charge on any atom is 2.00 e. The van der Waals surface area contributed by atoms with E-state index in [4.69, 9.17) is 0 Å². The van der Waals surface area contributed by atoms with Crippen molar-refractivity contribution in [1.82, 2.24) is 0 Å². The monoisotopic (exact) mass is 329 g/mol. The van der Waals surface area contributed by atoms with Crippen LogP contribution in [-0.2, 0) is 36.0 Å². The van der Waals surface area contributed by atoms with Crippen molar-refractivity contribution in [1.29, 1.82) is 0 Å². The van der Waals surface area contributed by atoms with E-state index < -0.39 is 48.8 Å². The summed E-state index contributed by atoms with van der Waals surface area (Å²) in [4.78, 5) is 39.7. The molecule has 0 N–H and O–H groups in total. The standard InChI is InChI=1S/2C5H5F2O2.Co/c2*1-3(8)2-4(9)5(6)7;/h2*5H,1-2H2;/q2*-1;+2. The molecule has 4 nitrogen and oxygen atoms in total. The van der Waals surface area contributed by atoms with E-state index in [2.05, 4.69) is 13.8 Å². The molecular formula is C10H10CoF4O4. The summed E-state index contributed by atoms with van der Waals surface area (Å²) in [5.41, 5.74) is 0. The first-order chi connectivity index (χ1) is 8.07. The molecule has 0 fully saturated rings. The Morgan fingerprint density at radius 2 is 0.947 bits per heavy atom. The second-order valence-electron chi connectivity index (χ2n) is 2.96. The summed E-state index contributed by atoms with van der Waals surface area (Å²) >= 11 is 0. The van der Waals surface area contributed by atoms with E-state index in [1.807, 2.05) is 0 Å². The molecular weight excluding hydrogens is 319 g/mol. The van der Waals surface area contributed by atoms with Gasteiger partial charge in [-0.15, -0.1) is 0 Å². The number of ketones is 4. The first-order valence-electron chi connectivity index (χ1n) is 4.39. The van der Waals surface area contributed by atoms with Gasteiger partial charge in [0, 0.05) is 24.4 Å². The number of halogens is 4. The molecule has 0 unspecified atom stereocenters. The van der Waals surface area contributed by atoms with Gasteiger partial charge < -0.3 is 23.4 Å². The van der Waals surface area contributed by atoms with Gasteiger partial charge in [-0.1, -0.05) is 0 Å². The number of hydrogen-bond donors (Lipinski definition) is 0. The Kier molecular flexibility index (Phi) is 14.1. The summed E-state index contributed by atoms with van der Waals surface area (Å²) < 4.78 is 45.0. The van der Waals surface area contributed by atoms with Crippen LogP contribution in [0.2, 0.25) is 0 Å². The van der Waals surface area contributed by atoms with Gasteiger partial charge in [0.05, 0.1) is 0 Å². The van der Waals surface area contributed by atoms with E-state index in [0.29, 0.717) is 0 Å². The smallest absolute Gasteiger partial charge is 0.339 e. The zero-order valence-corrected chi connectivity index (χ0v) is 10.5. The summed E-state index contributed by atoms with van der Waals surface area (Å²) in [6.45, 7) is 5.54. The van der Waals surface area contributed by atoms with Crippen LogP contribution >= 0.6 is 0 Å². The average molecular weight is 329 g/mol. The van der Waals surface area contributed by atoms with Crippen molar-refractivity contribution in [3.8, 4) is 0 Å². The Hall–Kier alpha value is -1.35. The van der Waals surface area contributed by atoms with Gasteiger partial charge in [-0.2, -0.15) is 0 Å². The molecule has 0 atom stereocenters. The Balaban J connectivity index is -0.000000256. The summed E-state index contributed by atoms with van der Waals surface area (Å²) in [7, 11) is 0. The maximum absolute atomic E-state index is 11.3. The summed E-state index contributed by atoms with van der Waals surface area (Å²) in [5.74, 6) is -4.29. The molecule has 19 heavy (non-hydrogen) atoms. The fraction of sp³-hybridized carbons (Fsp3) is 0.400. The molecule has 0 aliphatic heterocycles. The molecule has 0 aliphatic carbocycles. The molecule has 1 radical (unpaired) electrons. The van der Waals surface area contributed by atoms with Gasteiger partial charge in [0.25, 0.3) is 12.9 Å². The number of rotatable bonds is 6. The molecule has 0 aromatic heterocycles. The molecule has 0 aromatic rings. The van der Waals surface area contributed by atoms with Crippen LogP contribution in [0.15, 0.2) is 0 Å². The van der Waals surface area contributed by atoms with Crippen LogP contribution in [0.25, 0.3) is 0 Å². The number of carbonyl (C=O) groups is 4. The summed E-state index contributed by atoms with van der Waals surface area (Å²) in [6, 6.07) is 0. The number of carbonyl (C=O) groups excluding carboxylic acids is 4. The van der Waals surface area contributed by atoms with Gasteiger partial charge in [-0.25, -0.2) is 17.6 Å². The van der Waals surface area contributed by atoms with E-state index in [9.17, 15) is 36.7 Å². The topological polar surface area (TPSA) is 68.3 Å². The van der Waals surface area contributed by atoms with Crippen LogP contribution in [0.4, 0.5) is 17.6 Å². The van der Waals surface area contributed by atoms with Crippen LogP contribution in [0, 0.1) is 13.8 Å². The molecule has 0 bridgehead atoms. The van der Waals surface area contributed by atoms with Crippen molar-refractivity contribution in [2.24, 2.45) is 0 Å². The third-order valence-corrected chi connectivity index (χ3v) is 1.23. The summed E-state index contributed by atoms with van der Waals surface area (Å²) in [6.07, 6.45) is -7.62. The molecule has 0 rings (SSSR count). The van der Waals surface area contributed by atoms with Crippen molar-refractivity contribution in [2.45, 2.75) is 25.7 Å². The van der Waals surface area contributed by atoms with Crippen molar-refractivity contribution in [3.05, 3.63) is 13.8 Å². The van der Waals surface area contributed by atoms with Crippen molar-refractivity contribution >= 4 is 23.1 Å². The van der Waals surface area contributed by atoms with Gasteiger partial charge in [0.15, 0.2) is 0 Å². The van der Waals surface area contributed by atoms with Crippen LogP contribution in [0.5, 0.6) is 0 Å². The minimum atomic E-state index is -3.05. The minimum absolute atomic E-state index is 0. The summed E-state index contributed by atoms with van der Waals surface area (Å²) in [5, 5.41) is 0. The van der Waals surface area contributed by atoms with Crippen LogP contribution < -0.4 is 0 Å². The van der Waals surface area contributed by atoms with Crippen molar-refractivity contribution in [3.63, 3.8) is 0 Å². The molecule has 0 saturated carbocycles. The Morgan fingerprint density at radius 3 is 1.00 bits per heavy atom. The van der Waals surface area contributed by atoms with Gasteiger partial charge >= 0.3 is 16.8 Å². The number of hydrogen-bond acceptors (Lipinski definition) is 4. The molecule has 9 heteroatoms. The average Bonchev–Trinajstić information content (AvgIpc) is 2.16. The number of Topliss-reactive ketones (excluding diaryl/α,β-unsaturated/α-hetero) is 4. The molecule has 0 aromatic carbocycles.